The topological polar surface area (TPSA) is 17.0 Å². The van der Waals surface area contributed by atoms with Crippen LogP contribution in [0.15, 0.2) is 47.2 Å². The lowest BCUT2D eigenvalue weighted by molar-refractivity contribution is 0.574. The van der Waals surface area contributed by atoms with Gasteiger partial charge in [0.25, 0.3) is 0 Å². The van der Waals surface area contributed by atoms with E-state index < -0.39 is 0 Å². The zero-order chi connectivity index (χ0) is 13.0. The lowest BCUT2D eigenvalue weighted by Gasteiger charge is -2.13. The number of rotatable bonds is 5. The smallest absolute Gasteiger partial charge is 0.0294 e. The average molecular weight is 307 g/mol. The van der Waals surface area contributed by atoms with E-state index in [2.05, 4.69) is 82.4 Å². The van der Waals surface area contributed by atoms with Gasteiger partial charge in [0.2, 0.25) is 0 Å². The van der Waals surface area contributed by atoms with Gasteiger partial charge in [0.1, 0.15) is 0 Å². The first kappa shape index (κ1) is 13.4. The lowest BCUT2D eigenvalue weighted by Crippen LogP contribution is -2.17. The summed E-state index contributed by atoms with van der Waals surface area (Å²) in [5.74, 6) is 0. The van der Waals surface area contributed by atoms with Gasteiger partial charge in [-0.05, 0) is 43.2 Å². The molecule has 1 aromatic carbocycles. The van der Waals surface area contributed by atoms with Crippen LogP contribution >= 0.6 is 15.9 Å². The molecule has 0 saturated carbocycles. The molecule has 2 nitrogen and oxygen atoms in total. The van der Waals surface area contributed by atoms with E-state index in [0.717, 1.165) is 17.6 Å². The molecule has 0 fully saturated rings. The molecule has 0 unspecified atom stereocenters. The molecule has 0 aliphatic heterocycles. The molecule has 1 N–H and O–H groups in total. The van der Waals surface area contributed by atoms with Gasteiger partial charge >= 0.3 is 0 Å². The van der Waals surface area contributed by atoms with E-state index in [1.165, 1.54) is 11.1 Å². The van der Waals surface area contributed by atoms with Crippen molar-refractivity contribution in [2.75, 3.05) is 0 Å². The van der Waals surface area contributed by atoms with Gasteiger partial charge in [0, 0.05) is 36.0 Å². The number of aromatic nitrogens is 1. The molecule has 0 saturated heterocycles. The summed E-state index contributed by atoms with van der Waals surface area (Å²) in [7, 11) is 0. The van der Waals surface area contributed by atoms with E-state index in [1.807, 2.05) is 0 Å². The van der Waals surface area contributed by atoms with E-state index in [0.29, 0.717) is 6.04 Å². The first-order valence-corrected chi connectivity index (χ1v) is 7.12. The summed E-state index contributed by atoms with van der Waals surface area (Å²) >= 11 is 3.46. The van der Waals surface area contributed by atoms with Crippen LogP contribution in [-0.4, -0.2) is 4.57 Å². The average Bonchev–Trinajstić information content (AvgIpc) is 2.85. The Hall–Kier alpha value is -1.06. The number of benzene rings is 1. The van der Waals surface area contributed by atoms with Crippen LogP contribution in [0.2, 0.25) is 0 Å². The predicted octanol–water partition coefficient (Wildman–Crippen LogP) is 4.12. The van der Waals surface area contributed by atoms with Crippen molar-refractivity contribution in [3.8, 4) is 0 Å². The minimum Gasteiger partial charge on any atom is -0.354 e. The van der Waals surface area contributed by atoms with Crippen molar-refractivity contribution in [2.45, 2.75) is 33.0 Å². The standard InChI is InChI=1S/C15H19BrN2/c1-3-18-9-8-13(11-18)10-17-12(2)14-4-6-15(16)7-5-14/h4-9,11-12,17H,3,10H2,1-2H3/t12-/m1/s1. The fourth-order valence-corrected chi connectivity index (χ4v) is 2.20. The minimum atomic E-state index is 0.364. The fraction of sp³-hybridized carbons (Fsp3) is 0.333. The first-order valence-electron chi connectivity index (χ1n) is 6.32. The molecule has 0 aliphatic carbocycles. The summed E-state index contributed by atoms with van der Waals surface area (Å²) in [4.78, 5) is 0. The van der Waals surface area contributed by atoms with Gasteiger partial charge in [-0.1, -0.05) is 28.1 Å². The molecule has 1 atom stereocenters. The Morgan fingerprint density at radius 1 is 1.22 bits per heavy atom. The molecule has 0 spiro atoms. The number of nitrogens with zero attached hydrogens (tertiary/aromatic N) is 1. The van der Waals surface area contributed by atoms with E-state index in [9.17, 15) is 0 Å². The van der Waals surface area contributed by atoms with Crippen LogP contribution in [0.25, 0.3) is 0 Å². The first-order chi connectivity index (χ1) is 8.69. The largest absolute Gasteiger partial charge is 0.354 e. The van der Waals surface area contributed by atoms with Crippen LogP contribution in [-0.2, 0) is 13.1 Å². The summed E-state index contributed by atoms with van der Waals surface area (Å²) in [6, 6.07) is 11.0. The number of hydrogen-bond donors (Lipinski definition) is 1. The van der Waals surface area contributed by atoms with Crippen LogP contribution in [0, 0.1) is 0 Å². The van der Waals surface area contributed by atoms with Crippen LogP contribution < -0.4 is 5.32 Å². The van der Waals surface area contributed by atoms with Gasteiger partial charge in [-0.25, -0.2) is 0 Å². The molecule has 0 bridgehead atoms. The van der Waals surface area contributed by atoms with Crippen LogP contribution in [0.5, 0.6) is 0 Å². The number of halogens is 1. The van der Waals surface area contributed by atoms with Crippen molar-refractivity contribution >= 4 is 15.9 Å². The van der Waals surface area contributed by atoms with Crippen molar-refractivity contribution in [2.24, 2.45) is 0 Å². The van der Waals surface area contributed by atoms with Crippen molar-refractivity contribution in [3.63, 3.8) is 0 Å². The quantitative estimate of drug-likeness (QED) is 0.879. The summed E-state index contributed by atoms with van der Waals surface area (Å²) in [5, 5.41) is 3.54. The summed E-state index contributed by atoms with van der Waals surface area (Å²) < 4.78 is 3.32. The Balaban J connectivity index is 1.91. The second-order valence-electron chi connectivity index (χ2n) is 4.50. The maximum absolute atomic E-state index is 3.54. The monoisotopic (exact) mass is 306 g/mol. The Labute approximate surface area is 117 Å². The lowest BCUT2D eigenvalue weighted by atomic mass is 10.1. The Morgan fingerprint density at radius 2 is 1.94 bits per heavy atom. The van der Waals surface area contributed by atoms with Crippen molar-refractivity contribution in [1.29, 1.82) is 0 Å². The summed E-state index contributed by atoms with van der Waals surface area (Å²) in [6.07, 6.45) is 4.32. The molecule has 0 aliphatic rings. The molecule has 18 heavy (non-hydrogen) atoms. The molecule has 0 amide bonds. The fourth-order valence-electron chi connectivity index (χ4n) is 1.93. The molecule has 3 heteroatoms. The van der Waals surface area contributed by atoms with E-state index in [4.69, 9.17) is 0 Å². The van der Waals surface area contributed by atoms with Crippen LogP contribution in [0.3, 0.4) is 0 Å². The van der Waals surface area contributed by atoms with Crippen molar-refractivity contribution in [1.82, 2.24) is 9.88 Å². The molecule has 1 heterocycles. The SMILES string of the molecule is CCn1ccc(CN[C@H](C)c2ccc(Br)cc2)c1. The van der Waals surface area contributed by atoms with Crippen molar-refractivity contribution in [3.05, 3.63) is 58.3 Å². The molecular weight excluding hydrogens is 288 g/mol. The highest BCUT2D eigenvalue weighted by Gasteiger charge is 2.05. The summed E-state index contributed by atoms with van der Waals surface area (Å²) in [6.45, 7) is 6.29. The summed E-state index contributed by atoms with van der Waals surface area (Å²) in [5.41, 5.74) is 2.65. The molecule has 1 aromatic heterocycles. The van der Waals surface area contributed by atoms with Crippen LogP contribution in [0.1, 0.15) is 31.0 Å². The molecular formula is C15H19BrN2. The zero-order valence-electron chi connectivity index (χ0n) is 10.9. The van der Waals surface area contributed by atoms with E-state index in [-0.39, 0.29) is 0 Å². The Morgan fingerprint density at radius 3 is 2.56 bits per heavy atom. The van der Waals surface area contributed by atoms with Crippen LogP contribution in [0.4, 0.5) is 0 Å². The second kappa shape index (κ2) is 6.21. The Kier molecular flexibility index (Phi) is 4.61. The van der Waals surface area contributed by atoms with Gasteiger partial charge in [-0.2, -0.15) is 0 Å². The van der Waals surface area contributed by atoms with Gasteiger partial charge < -0.3 is 9.88 Å². The maximum Gasteiger partial charge on any atom is 0.0294 e. The van der Waals surface area contributed by atoms with E-state index in [1.54, 1.807) is 0 Å². The maximum atomic E-state index is 3.54. The third-order valence-electron chi connectivity index (χ3n) is 3.16. The highest BCUT2D eigenvalue weighted by Crippen LogP contribution is 2.17. The third kappa shape index (κ3) is 3.47. The number of aryl methyl sites for hydroxylation is 1. The molecule has 96 valence electrons. The zero-order valence-corrected chi connectivity index (χ0v) is 12.4. The minimum absolute atomic E-state index is 0.364. The van der Waals surface area contributed by atoms with Gasteiger partial charge in [0.05, 0.1) is 0 Å². The third-order valence-corrected chi connectivity index (χ3v) is 3.69. The second-order valence-corrected chi connectivity index (χ2v) is 5.42. The van der Waals surface area contributed by atoms with Crippen molar-refractivity contribution < 1.29 is 0 Å². The van der Waals surface area contributed by atoms with Gasteiger partial charge in [-0.15, -0.1) is 0 Å². The normalized spacial score (nSPS) is 12.6. The molecule has 2 rings (SSSR count). The van der Waals surface area contributed by atoms with E-state index >= 15 is 0 Å². The number of nitrogens with one attached hydrogen (secondary N) is 1. The highest BCUT2D eigenvalue weighted by atomic mass is 79.9. The van der Waals surface area contributed by atoms with Gasteiger partial charge in [0.15, 0.2) is 0 Å². The highest BCUT2D eigenvalue weighted by molar-refractivity contribution is 9.10. The van der Waals surface area contributed by atoms with Gasteiger partial charge in [-0.3, -0.25) is 0 Å². The predicted molar refractivity (Wildman–Crippen MR) is 79.5 cm³/mol. The number of hydrogen-bond acceptors (Lipinski definition) is 1. The molecule has 0 radical (unpaired) electrons. The Bertz CT molecular complexity index is 487. The molecule has 2 aromatic rings.